The Morgan fingerprint density at radius 2 is 2.35 bits per heavy atom. The number of hydrogen-bond acceptors (Lipinski definition) is 3. The van der Waals surface area contributed by atoms with Crippen LogP contribution in [0.25, 0.3) is 0 Å². The summed E-state index contributed by atoms with van der Waals surface area (Å²) in [5.41, 5.74) is 2.06. The van der Waals surface area contributed by atoms with Gasteiger partial charge in [-0.15, -0.1) is 0 Å². The second kappa shape index (κ2) is 5.14. The number of nitrogens with one attached hydrogen (secondary N) is 2. The summed E-state index contributed by atoms with van der Waals surface area (Å²) in [6, 6.07) is 0. The van der Waals surface area contributed by atoms with Crippen LogP contribution in [0.15, 0.2) is 23.5 Å². The third-order valence-corrected chi connectivity index (χ3v) is 3.10. The number of aromatic nitrogens is 2. The predicted molar refractivity (Wildman–Crippen MR) is 65.5 cm³/mol. The van der Waals surface area contributed by atoms with Gasteiger partial charge in [-0.2, -0.15) is 0 Å². The second-order valence-electron chi connectivity index (χ2n) is 4.29. The van der Waals surface area contributed by atoms with Gasteiger partial charge in [0.15, 0.2) is 0 Å². The smallest absolute Gasteiger partial charge is 0.246 e. The van der Waals surface area contributed by atoms with Crippen molar-refractivity contribution < 1.29 is 4.79 Å². The Hall–Kier alpha value is -1.62. The average Bonchev–Trinajstić information content (AvgIpc) is 2.61. The zero-order valence-electron chi connectivity index (χ0n) is 10.3. The Kier molecular flexibility index (Phi) is 3.58. The van der Waals surface area contributed by atoms with E-state index in [-0.39, 0.29) is 5.91 Å². The molecule has 2 rings (SSSR count). The van der Waals surface area contributed by atoms with E-state index in [9.17, 15) is 4.79 Å². The molecule has 2 N–H and O–H groups in total. The first-order valence-corrected chi connectivity index (χ1v) is 5.82. The molecule has 1 aromatic heterocycles. The number of carbonyl (C=O) groups excluding carboxylic acids is 1. The van der Waals surface area contributed by atoms with Crippen molar-refractivity contribution in [1.82, 2.24) is 20.2 Å². The first kappa shape index (κ1) is 11.9. The molecular formula is C12H18N4O. The molecule has 1 fully saturated rings. The molecule has 5 nitrogen and oxygen atoms in total. The largest absolute Gasteiger partial charge is 0.352 e. The molecule has 0 aliphatic carbocycles. The van der Waals surface area contributed by atoms with E-state index in [0.717, 1.165) is 30.9 Å². The summed E-state index contributed by atoms with van der Waals surface area (Å²) in [5.74, 6) is 1.02. The normalized spacial score (nSPS) is 14.4. The number of nitrogens with zero attached hydrogens (tertiary/aromatic N) is 2. The van der Waals surface area contributed by atoms with Crippen molar-refractivity contribution in [2.24, 2.45) is 7.05 Å². The Balaban J connectivity index is 1.79. The van der Waals surface area contributed by atoms with Crippen LogP contribution in [-0.2, 0) is 18.3 Å². The highest BCUT2D eigenvalue weighted by Gasteiger charge is 2.15. The highest BCUT2D eigenvalue weighted by molar-refractivity contribution is 5.93. The molecule has 1 saturated heterocycles. The van der Waals surface area contributed by atoms with Crippen LogP contribution in [0.5, 0.6) is 0 Å². The van der Waals surface area contributed by atoms with E-state index in [1.165, 1.54) is 5.57 Å². The van der Waals surface area contributed by atoms with E-state index in [1.807, 2.05) is 24.7 Å². The van der Waals surface area contributed by atoms with Crippen molar-refractivity contribution in [2.45, 2.75) is 13.3 Å². The zero-order valence-corrected chi connectivity index (χ0v) is 10.3. The molecule has 17 heavy (non-hydrogen) atoms. The van der Waals surface area contributed by atoms with Gasteiger partial charge in [0.1, 0.15) is 5.82 Å². The molecule has 2 heterocycles. The van der Waals surface area contributed by atoms with Gasteiger partial charge in [0, 0.05) is 51.1 Å². The van der Waals surface area contributed by atoms with Crippen molar-refractivity contribution in [2.75, 3.05) is 19.6 Å². The summed E-state index contributed by atoms with van der Waals surface area (Å²) in [6.45, 7) is 4.20. The standard InChI is InChI=1S/C12H18N4O/c1-9(10-7-13-8-10)12(17)15-4-3-11-14-5-6-16(11)2/h5-6,13H,3-4,7-8H2,1-2H3,(H,15,17). The number of amides is 1. The van der Waals surface area contributed by atoms with Crippen LogP contribution < -0.4 is 10.6 Å². The number of rotatable bonds is 4. The lowest BCUT2D eigenvalue weighted by atomic mass is 10.0. The van der Waals surface area contributed by atoms with Gasteiger partial charge in [-0.25, -0.2) is 4.98 Å². The average molecular weight is 234 g/mol. The fourth-order valence-electron chi connectivity index (χ4n) is 1.73. The van der Waals surface area contributed by atoms with Gasteiger partial charge >= 0.3 is 0 Å². The molecule has 0 saturated carbocycles. The van der Waals surface area contributed by atoms with Crippen LogP contribution >= 0.6 is 0 Å². The molecule has 1 aromatic rings. The molecule has 0 radical (unpaired) electrons. The molecule has 1 aliphatic heterocycles. The van der Waals surface area contributed by atoms with Crippen LogP contribution in [0.4, 0.5) is 0 Å². The number of hydrogen-bond donors (Lipinski definition) is 2. The number of carbonyl (C=O) groups is 1. The summed E-state index contributed by atoms with van der Waals surface area (Å²) in [7, 11) is 1.96. The first-order valence-electron chi connectivity index (χ1n) is 5.82. The van der Waals surface area contributed by atoms with Gasteiger partial charge in [0.25, 0.3) is 0 Å². The van der Waals surface area contributed by atoms with Crippen molar-refractivity contribution in [1.29, 1.82) is 0 Å². The van der Waals surface area contributed by atoms with Crippen LogP contribution in [0.1, 0.15) is 12.7 Å². The highest BCUT2D eigenvalue weighted by atomic mass is 16.1. The van der Waals surface area contributed by atoms with Crippen LogP contribution in [0.3, 0.4) is 0 Å². The van der Waals surface area contributed by atoms with E-state index in [1.54, 1.807) is 6.20 Å². The molecule has 92 valence electrons. The number of imidazole rings is 1. The third kappa shape index (κ3) is 2.74. The van der Waals surface area contributed by atoms with Crippen molar-refractivity contribution in [3.63, 3.8) is 0 Å². The van der Waals surface area contributed by atoms with E-state index < -0.39 is 0 Å². The Bertz CT molecular complexity index is 441. The minimum absolute atomic E-state index is 0.0377. The van der Waals surface area contributed by atoms with E-state index in [0.29, 0.717) is 6.54 Å². The number of aryl methyl sites for hydroxylation is 1. The van der Waals surface area contributed by atoms with Gasteiger partial charge in [-0.05, 0) is 12.5 Å². The Morgan fingerprint density at radius 1 is 1.59 bits per heavy atom. The summed E-state index contributed by atoms with van der Waals surface area (Å²) in [5, 5.41) is 6.05. The molecule has 1 amide bonds. The van der Waals surface area contributed by atoms with Crippen LogP contribution in [0, 0.1) is 0 Å². The summed E-state index contributed by atoms with van der Waals surface area (Å²) >= 11 is 0. The minimum atomic E-state index is 0.0377. The summed E-state index contributed by atoms with van der Waals surface area (Å²) < 4.78 is 1.97. The van der Waals surface area contributed by atoms with Gasteiger partial charge in [-0.1, -0.05) is 0 Å². The maximum absolute atomic E-state index is 11.8. The van der Waals surface area contributed by atoms with Gasteiger partial charge < -0.3 is 15.2 Å². The maximum Gasteiger partial charge on any atom is 0.246 e. The molecule has 0 bridgehead atoms. The van der Waals surface area contributed by atoms with E-state index in [4.69, 9.17) is 0 Å². The van der Waals surface area contributed by atoms with Crippen molar-refractivity contribution in [3.8, 4) is 0 Å². The molecule has 1 aliphatic rings. The highest BCUT2D eigenvalue weighted by Crippen LogP contribution is 2.08. The molecular weight excluding hydrogens is 216 g/mol. The maximum atomic E-state index is 11.8. The first-order chi connectivity index (χ1) is 8.18. The topological polar surface area (TPSA) is 59.0 Å². The monoisotopic (exact) mass is 234 g/mol. The van der Waals surface area contributed by atoms with Crippen molar-refractivity contribution >= 4 is 5.91 Å². The van der Waals surface area contributed by atoms with Crippen molar-refractivity contribution in [3.05, 3.63) is 29.4 Å². The molecule has 0 atom stereocenters. The fraction of sp³-hybridized carbons (Fsp3) is 0.500. The summed E-state index contributed by atoms with van der Waals surface area (Å²) in [4.78, 5) is 16.0. The molecule has 0 aromatic carbocycles. The van der Waals surface area contributed by atoms with Gasteiger partial charge in [-0.3, -0.25) is 4.79 Å². The van der Waals surface area contributed by atoms with Gasteiger partial charge in [0.05, 0.1) is 0 Å². The summed E-state index contributed by atoms with van der Waals surface area (Å²) in [6.07, 6.45) is 4.44. The van der Waals surface area contributed by atoms with E-state index in [2.05, 4.69) is 15.6 Å². The molecule has 0 unspecified atom stereocenters. The lowest BCUT2D eigenvalue weighted by molar-refractivity contribution is -0.117. The SMILES string of the molecule is CC(C(=O)NCCc1nccn1C)=C1CNC1. The van der Waals surface area contributed by atoms with Crippen LogP contribution in [0.2, 0.25) is 0 Å². The van der Waals surface area contributed by atoms with Gasteiger partial charge in [0.2, 0.25) is 5.91 Å². The zero-order chi connectivity index (χ0) is 12.3. The fourth-order valence-corrected chi connectivity index (χ4v) is 1.73. The van der Waals surface area contributed by atoms with E-state index >= 15 is 0 Å². The molecule has 5 heteroatoms. The lowest BCUT2D eigenvalue weighted by Gasteiger charge is -2.21. The Labute approximate surface area is 101 Å². The van der Waals surface area contributed by atoms with Crippen LogP contribution in [-0.4, -0.2) is 35.1 Å². The molecule has 0 spiro atoms. The second-order valence-corrected chi connectivity index (χ2v) is 4.29. The lowest BCUT2D eigenvalue weighted by Crippen LogP contribution is -2.38. The predicted octanol–water partition coefficient (Wildman–Crippen LogP) is -0.00150. The quantitative estimate of drug-likeness (QED) is 0.721. The Morgan fingerprint density at radius 3 is 2.88 bits per heavy atom. The minimum Gasteiger partial charge on any atom is -0.352 e. The third-order valence-electron chi connectivity index (χ3n) is 3.10.